The largest absolute Gasteiger partial charge is 0.343 e. The summed E-state index contributed by atoms with van der Waals surface area (Å²) in [4.78, 5) is 0. The molecule has 0 radical (unpaired) electrons. The van der Waals surface area contributed by atoms with Gasteiger partial charge in [-0.1, -0.05) is 30.3 Å². The van der Waals surface area contributed by atoms with Crippen LogP contribution in [0.5, 0.6) is 0 Å². The van der Waals surface area contributed by atoms with E-state index >= 15 is 0 Å². The van der Waals surface area contributed by atoms with Gasteiger partial charge in [0, 0.05) is 12.0 Å². The van der Waals surface area contributed by atoms with Crippen LogP contribution in [0.1, 0.15) is 18.4 Å². The second-order valence-electron chi connectivity index (χ2n) is 3.61. The number of ether oxygens (including phenoxy) is 2. The van der Waals surface area contributed by atoms with Crippen molar-refractivity contribution in [2.45, 2.75) is 18.6 Å². The van der Waals surface area contributed by atoms with Crippen LogP contribution in [0.3, 0.4) is 0 Å². The van der Waals surface area contributed by atoms with E-state index in [9.17, 15) is 4.39 Å². The van der Waals surface area contributed by atoms with Gasteiger partial charge in [0.2, 0.25) is 0 Å². The van der Waals surface area contributed by atoms with Crippen LogP contribution < -0.4 is 0 Å². The van der Waals surface area contributed by atoms with Gasteiger partial charge in [-0.3, -0.25) is 4.39 Å². The van der Waals surface area contributed by atoms with Crippen LogP contribution in [0.4, 0.5) is 4.39 Å². The Morgan fingerprint density at radius 2 is 1.80 bits per heavy atom. The molecule has 15 heavy (non-hydrogen) atoms. The van der Waals surface area contributed by atoms with E-state index in [1.807, 2.05) is 30.3 Å². The molecule has 1 saturated heterocycles. The average Bonchev–Trinajstić information content (AvgIpc) is 2.78. The summed E-state index contributed by atoms with van der Waals surface area (Å²) in [6.07, 6.45) is 1.04. The Labute approximate surface area is 89.0 Å². The van der Waals surface area contributed by atoms with Gasteiger partial charge in [0.1, 0.15) is 0 Å². The third kappa shape index (κ3) is 2.19. The molecule has 82 valence electrons. The minimum Gasteiger partial charge on any atom is -0.343 e. The first-order chi connectivity index (χ1) is 7.37. The van der Waals surface area contributed by atoms with Crippen molar-refractivity contribution in [1.29, 1.82) is 0 Å². The molecule has 0 spiro atoms. The zero-order valence-electron chi connectivity index (χ0n) is 8.62. The van der Waals surface area contributed by atoms with Crippen molar-refractivity contribution >= 4 is 0 Å². The van der Waals surface area contributed by atoms with E-state index in [1.54, 1.807) is 0 Å². The Balaban J connectivity index is 2.19. The quantitative estimate of drug-likeness (QED) is 0.760. The van der Waals surface area contributed by atoms with Gasteiger partial charge >= 0.3 is 0 Å². The molecule has 0 bridgehead atoms. The molecule has 0 aromatic heterocycles. The Morgan fingerprint density at radius 3 is 2.40 bits per heavy atom. The van der Waals surface area contributed by atoms with Gasteiger partial charge in [-0.25, -0.2) is 0 Å². The predicted octanol–water partition coefficient (Wildman–Crippen LogP) is 2.64. The van der Waals surface area contributed by atoms with Crippen LogP contribution in [-0.2, 0) is 15.3 Å². The maximum absolute atomic E-state index is 12.2. The molecule has 1 aliphatic rings. The lowest BCUT2D eigenvalue weighted by atomic mass is 10.0. The van der Waals surface area contributed by atoms with Crippen LogP contribution in [0.25, 0.3) is 0 Å². The third-order valence-electron chi connectivity index (χ3n) is 2.61. The molecule has 0 amide bonds. The van der Waals surface area contributed by atoms with E-state index in [4.69, 9.17) is 9.47 Å². The van der Waals surface area contributed by atoms with Gasteiger partial charge < -0.3 is 9.47 Å². The molecular formula is C12H15FO2. The third-order valence-corrected chi connectivity index (χ3v) is 2.61. The number of alkyl halides is 1. The lowest BCUT2D eigenvalue weighted by molar-refractivity contribution is -0.172. The minimum atomic E-state index is -0.701. The summed E-state index contributed by atoms with van der Waals surface area (Å²) in [5, 5.41) is 0. The van der Waals surface area contributed by atoms with Gasteiger partial charge in [-0.2, -0.15) is 0 Å². The first-order valence-electron chi connectivity index (χ1n) is 5.27. The maximum Gasteiger partial charge on any atom is 0.195 e. The van der Waals surface area contributed by atoms with E-state index in [-0.39, 0.29) is 6.67 Å². The predicted molar refractivity (Wildman–Crippen MR) is 55.2 cm³/mol. The lowest BCUT2D eigenvalue weighted by Gasteiger charge is -2.27. The van der Waals surface area contributed by atoms with Crippen LogP contribution in [0.2, 0.25) is 0 Å². The molecule has 0 unspecified atom stereocenters. The van der Waals surface area contributed by atoms with Crippen molar-refractivity contribution in [3.8, 4) is 0 Å². The van der Waals surface area contributed by atoms with Gasteiger partial charge in [0.05, 0.1) is 19.9 Å². The fraction of sp³-hybridized carbons (Fsp3) is 0.500. The second kappa shape index (κ2) is 4.73. The molecule has 1 aromatic carbocycles. The summed E-state index contributed by atoms with van der Waals surface area (Å²) >= 11 is 0. The first-order valence-corrected chi connectivity index (χ1v) is 5.27. The van der Waals surface area contributed by atoms with Gasteiger partial charge in [0.15, 0.2) is 5.79 Å². The standard InChI is InChI=1S/C12H15FO2/c13-8-4-7-12(14-9-10-15-12)11-5-2-1-3-6-11/h1-3,5-6H,4,7-10H2. The van der Waals surface area contributed by atoms with E-state index in [2.05, 4.69) is 0 Å². The Hall–Kier alpha value is -0.930. The molecule has 1 aliphatic heterocycles. The molecule has 1 fully saturated rings. The molecule has 2 nitrogen and oxygen atoms in total. The van der Waals surface area contributed by atoms with E-state index in [1.165, 1.54) is 0 Å². The van der Waals surface area contributed by atoms with Crippen molar-refractivity contribution in [2.75, 3.05) is 19.9 Å². The summed E-state index contributed by atoms with van der Waals surface area (Å²) < 4.78 is 23.5. The Bertz CT molecular complexity index is 294. The van der Waals surface area contributed by atoms with Gasteiger partial charge in [0.25, 0.3) is 0 Å². The van der Waals surface area contributed by atoms with Crippen molar-refractivity contribution in [3.63, 3.8) is 0 Å². The van der Waals surface area contributed by atoms with Gasteiger partial charge in [-0.05, 0) is 6.42 Å². The SMILES string of the molecule is FCCCC1(c2ccccc2)OCCO1. The van der Waals surface area contributed by atoms with Crippen molar-refractivity contribution in [1.82, 2.24) is 0 Å². The summed E-state index contributed by atoms with van der Waals surface area (Å²) in [6.45, 7) is 0.837. The molecule has 2 rings (SSSR count). The van der Waals surface area contributed by atoms with Crippen LogP contribution in [0, 0.1) is 0 Å². The van der Waals surface area contributed by atoms with Crippen molar-refractivity contribution in [2.24, 2.45) is 0 Å². The van der Waals surface area contributed by atoms with Crippen molar-refractivity contribution in [3.05, 3.63) is 35.9 Å². The van der Waals surface area contributed by atoms with Crippen molar-refractivity contribution < 1.29 is 13.9 Å². The summed E-state index contributed by atoms with van der Waals surface area (Å²) in [5.41, 5.74) is 0.982. The highest BCUT2D eigenvalue weighted by molar-refractivity contribution is 5.20. The molecule has 1 aromatic rings. The lowest BCUT2D eigenvalue weighted by Crippen LogP contribution is -2.27. The second-order valence-corrected chi connectivity index (χ2v) is 3.61. The molecule has 1 heterocycles. The molecular weight excluding hydrogens is 195 g/mol. The molecule has 0 atom stereocenters. The molecule has 0 saturated carbocycles. The highest BCUT2D eigenvalue weighted by atomic mass is 19.1. The maximum atomic E-state index is 12.2. The Morgan fingerprint density at radius 1 is 1.13 bits per heavy atom. The molecule has 0 N–H and O–H groups in total. The molecule has 3 heteroatoms. The van der Waals surface area contributed by atoms with Crippen LogP contribution in [-0.4, -0.2) is 19.9 Å². The molecule has 0 aliphatic carbocycles. The van der Waals surface area contributed by atoms with E-state index < -0.39 is 5.79 Å². The highest BCUT2D eigenvalue weighted by Gasteiger charge is 2.37. The Kier molecular flexibility index (Phi) is 3.34. The van der Waals surface area contributed by atoms with Gasteiger partial charge in [-0.15, -0.1) is 0 Å². The highest BCUT2D eigenvalue weighted by Crippen LogP contribution is 2.35. The number of benzene rings is 1. The number of rotatable bonds is 4. The van der Waals surface area contributed by atoms with E-state index in [0.29, 0.717) is 26.1 Å². The topological polar surface area (TPSA) is 18.5 Å². The monoisotopic (exact) mass is 210 g/mol. The summed E-state index contributed by atoms with van der Waals surface area (Å²) in [7, 11) is 0. The summed E-state index contributed by atoms with van der Waals surface area (Å²) in [6, 6.07) is 9.75. The fourth-order valence-corrected chi connectivity index (χ4v) is 1.90. The van der Waals surface area contributed by atoms with E-state index in [0.717, 1.165) is 5.56 Å². The normalized spacial score (nSPS) is 19.3. The number of halogens is 1. The minimum absolute atomic E-state index is 0.332. The zero-order chi connectivity index (χ0) is 10.6. The number of hydrogen-bond donors (Lipinski definition) is 0. The number of hydrogen-bond acceptors (Lipinski definition) is 2. The van der Waals surface area contributed by atoms with Crippen LogP contribution >= 0.6 is 0 Å². The smallest absolute Gasteiger partial charge is 0.195 e. The fourth-order valence-electron chi connectivity index (χ4n) is 1.90. The van der Waals surface area contributed by atoms with Crippen LogP contribution in [0.15, 0.2) is 30.3 Å². The summed E-state index contributed by atoms with van der Waals surface area (Å²) in [5.74, 6) is -0.701. The first kappa shape index (κ1) is 10.6. The zero-order valence-corrected chi connectivity index (χ0v) is 8.62. The average molecular weight is 210 g/mol.